The van der Waals surface area contributed by atoms with Crippen molar-refractivity contribution in [3.63, 3.8) is 0 Å². The number of rotatable bonds is 7. The van der Waals surface area contributed by atoms with E-state index in [2.05, 4.69) is 31.0 Å². The summed E-state index contributed by atoms with van der Waals surface area (Å²) in [5.74, 6) is 0.788. The van der Waals surface area contributed by atoms with Crippen molar-refractivity contribution in [1.29, 1.82) is 0 Å². The number of hydrogen-bond donors (Lipinski definition) is 1. The molecule has 0 unspecified atom stereocenters. The van der Waals surface area contributed by atoms with Crippen LogP contribution in [-0.2, 0) is 0 Å². The van der Waals surface area contributed by atoms with Gasteiger partial charge in [0.15, 0.2) is 0 Å². The summed E-state index contributed by atoms with van der Waals surface area (Å²) in [6, 6.07) is 0.822. The maximum Gasteiger partial charge on any atom is 0.0107 e. The van der Waals surface area contributed by atoms with Crippen molar-refractivity contribution in [2.45, 2.75) is 52.5 Å². The molecule has 0 aliphatic heterocycles. The van der Waals surface area contributed by atoms with Gasteiger partial charge in [0.2, 0.25) is 0 Å². The number of likely N-dealkylation sites (N-methyl/N-ethyl adjacent to an activating group) is 1. The second kappa shape index (κ2) is 7.24. The van der Waals surface area contributed by atoms with Gasteiger partial charge in [-0.25, -0.2) is 0 Å². The summed E-state index contributed by atoms with van der Waals surface area (Å²) >= 11 is 0. The van der Waals surface area contributed by atoms with E-state index in [-0.39, 0.29) is 0 Å². The van der Waals surface area contributed by atoms with E-state index in [9.17, 15) is 0 Å². The summed E-state index contributed by atoms with van der Waals surface area (Å²) in [5, 5.41) is 3.68. The fraction of sp³-hybridized carbons (Fsp3) is 1.00. The van der Waals surface area contributed by atoms with Crippen molar-refractivity contribution >= 4 is 0 Å². The molecule has 1 aliphatic carbocycles. The lowest BCUT2D eigenvalue weighted by Gasteiger charge is -2.23. The molecule has 15 heavy (non-hydrogen) atoms. The highest BCUT2D eigenvalue weighted by Crippen LogP contribution is 2.17. The molecule has 1 rings (SSSR count). The average Bonchev–Trinajstić information content (AvgIpc) is 2.68. The molecule has 0 spiro atoms. The zero-order valence-corrected chi connectivity index (χ0v) is 10.8. The van der Waals surface area contributed by atoms with Gasteiger partial charge in [-0.1, -0.05) is 33.6 Å². The maximum atomic E-state index is 3.68. The third-order valence-corrected chi connectivity index (χ3v) is 3.29. The van der Waals surface area contributed by atoms with Crippen molar-refractivity contribution in [2.75, 3.05) is 26.2 Å². The topological polar surface area (TPSA) is 15.3 Å². The van der Waals surface area contributed by atoms with Gasteiger partial charge in [-0.2, -0.15) is 0 Å². The smallest absolute Gasteiger partial charge is 0.0107 e. The number of hydrogen-bond acceptors (Lipinski definition) is 2. The number of nitrogens with zero attached hydrogens (tertiary/aromatic N) is 1. The molecule has 0 radical (unpaired) electrons. The first-order chi connectivity index (χ1) is 7.22. The van der Waals surface area contributed by atoms with Crippen LogP contribution < -0.4 is 5.32 Å². The van der Waals surface area contributed by atoms with Crippen molar-refractivity contribution < 1.29 is 0 Å². The molecule has 0 amide bonds. The zero-order valence-electron chi connectivity index (χ0n) is 10.8. The molecular weight excluding hydrogens is 184 g/mol. The van der Waals surface area contributed by atoms with Crippen molar-refractivity contribution in [3.05, 3.63) is 0 Å². The first-order valence-corrected chi connectivity index (χ1v) is 6.68. The standard InChI is InChI=1S/C13H28N2/c1-4-15(11-12(2)3)10-9-14-13-7-5-6-8-13/h12-14H,4-11H2,1-3H3. The molecule has 1 fully saturated rings. The van der Waals surface area contributed by atoms with E-state index in [0.29, 0.717) is 0 Å². The molecule has 0 saturated heterocycles. The van der Waals surface area contributed by atoms with E-state index in [1.807, 2.05) is 0 Å². The third-order valence-electron chi connectivity index (χ3n) is 3.29. The van der Waals surface area contributed by atoms with Crippen LogP contribution in [0.1, 0.15) is 46.5 Å². The largest absolute Gasteiger partial charge is 0.313 e. The lowest BCUT2D eigenvalue weighted by atomic mass is 10.2. The summed E-state index contributed by atoms with van der Waals surface area (Å²) < 4.78 is 0. The van der Waals surface area contributed by atoms with E-state index in [0.717, 1.165) is 12.0 Å². The van der Waals surface area contributed by atoms with Crippen LogP contribution in [0.15, 0.2) is 0 Å². The molecule has 0 heterocycles. The molecule has 0 aromatic carbocycles. The number of nitrogens with one attached hydrogen (secondary N) is 1. The average molecular weight is 212 g/mol. The Hall–Kier alpha value is -0.0800. The van der Waals surface area contributed by atoms with Crippen LogP contribution >= 0.6 is 0 Å². The molecule has 2 nitrogen and oxygen atoms in total. The van der Waals surface area contributed by atoms with Crippen molar-refractivity contribution in [1.82, 2.24) is 10.2 Å². The Balaban J connectivity index is 2.05. The normalized spacial score (nSPS) is 18.2. The molecular formula is C13H28N2. The highest BCUT2D eigenvalue weighted by atomic mass is 15.1. The van der Waals surface area contributed by atoms with Crippen LogP contribution in [0.4, 0.5) is 0 Å². The van der Waals surface area contributed by atoms with Crippen LogP contribution in [0, 0.1) is 5.92 Å². The van der Waals surface area contributed by atoms with Gasteiger partial charge >= 0.3 is 0 Å². The second-order valence-electron chi connectivity index (χ2n) is 5.22. The van der Waals surface area contributed by atoms with Gasteiger partial charge in [0.05, 0.1) is 0 Å². The van der Waals surface area contributed by atoms with Crippen LogP contribution in [0.5, 0.6) is 0 Å². The summed E-state index contributed by atoms with van der Waals surface area (Å²) in [5.41, 5.74) is 0. The zero-order chi connectivity index (χ0) is 11.1. The second-order valence-corrected chi connectivity index (χ2v) is 5.22. The SMILES string of the molecule is CCN(CCNC1CCCC1)CC(C)C. The molecule has 0 bridgehead atoms. The molecule has 2 heteroatoms. The molecule has 1 aliphatic rings. The minimum atomic E-state index is 0.788. The monoisotopic (exact) mass is 212 g/mol. The van der Waals surface area contributed by atoms with Crippen molar-refractivity contribution in [2.24, 2.45) is 5.92 Å². The minimum absolute atomic E-state index is 0.788. The highest BCUT2D eigenvalue weighted by Gasteiger charge is 2.14. The highest BCUT2D eigenvalue weighted by molar-refractivity contribution is 4.74. The molecule has 0 aromatic rings. The van der Waals surface area contributed by atoms with Crippen LogP contribution in [0.2, 0.25) is 0 Å². The minimum Gasteiger partial charge on any atom is -0.313 e. The summed E-state index contributed by atoms with van der Waals surface area (Å²) in [6.45, 7) is 11.7. The Morgan fingerprint density at radius 3 is 2.47 bits per heavy atom. The van der Waals surface area contributed by atoms with Gasteiger partial charge in [-0.05, 0) is 25.3 Å². The summed E-state index contributed by atoms with van der Waals surface area (Å²) in [4.78, 5) is 2.55. The molecule has 90 valence electrons. The summed E-state index contributed by atoms with van der Waals surface area (Å²) in [7, 11) is 0. The predicted molar refractivity (Wildman–Crippen MR) is 67.2 cm³/mol. The van der Waals surface area contributed by atoms with Gasteiger partial charge < -0.3 is 10.2 Å². The van der Waals surface area contributed by atoms with E-state index in [1.165, 1.54) is 51.9 Å². The Morgan fingerprint density at radius 1 is 1.27 bits per heavy atom. The molecule has 0 aromatic heterocycles. The lowest BCUT2D eigenvalue weighted by Crippen LogP contribution is -2.37. The van der Waals surface area contributed by atoms with E-state index >= 15 is 0 Å². The first kappa shape index (κ1) is 13.0. The first-order valence-electron chi connectivity index (χ1n) is 6.68. The Labute approximate surface area is 95.4 Å². The maximum absolute atomic E-state index is 3.68. The van der Waals surface area contributed by atoms with Gasteiger partial charge in [0.25, 0.3) is 0 Å². The summed E-state index contributed by atoms with van der Waals surface area (Å²) in [6.07, 6.45) is 5.66. The Bertz CT molecular complexity index is 151. The van der Waals surface area contributed by atoms with E-state index < -0.39 is 0 Å². The van der Waals surface area contributed by atoms with Gasteiger partial charge in [0.1, 0.15) is 0 Å². The fourth-order valence-corrected chi connectivity index (χ4v) is 2.45. The van der Waals surface area contributed by atoms with Crippen LogP contribution in [0.25, 0.3) is 0 Å². The van der Waals surface area contributed by atoms with E-state index in [1.54, 1.807) is 0 Å². The molecule has 1 N–H and O–H groups in total. The van der Waals surface area contributed by atoms with Gasteiger partial charge in [-0.3, -0.25) is 0 Å². The fourth-order valence-electron chi connectivity index (χ4n) is 2.45. The van der Waals surface area contributed by atoms with Crippen LogP contribution in [0.3, 0.4) is 0 Å². The van der Waals surface area contributed by atoms with Crippen LogP contribution in [-0.4, -0.2) is 37.1 Å². The quantitative estimate of drug-likeness (QED) is 0.697. The lowest BCUT2D eigenvalue weighted by molar-refractivity contribution is 0.252. The third kappa shape index (κ3) is 5.53. The molecule has 1 saturated carbocycles. The Kier molecular flexibility index (Phi) is 6.26. The van der Waals surface area contributed by atoms with Crippen molar-refractivity contribution in [3.8, 4) is 0 Å². The molecule has 0 atom stereocenters. The Morgan fingerprint density at radius 2 is 1.93 bits per heavy atom. The van der Waals surface area contributed by atoms with Gasteiger partial charge in [0, 0.05) is 25.7 Å². The van der Waals surface area contributed by atoms with Gasteiger partial charge in [-0.15, -0.1) is 0 Å². The van der Waals surface area contributed by atoms with E-state index in [4.69, 9.17) is 0 Å². The predicted octanol–water partition coefficient (Wildman–Crippen LogP) is 2.50.